The highest BCUT2D eigenvalue weighted by molar-refractivity contribution is 6.30. The van der Waals surface area contributed by atoms with Crippen molar-refractivity contribution >= 4 is 23.4 Å². The molecule has 0 spiro atoms. The predicted molar refractivity (Wildman–Crippen MR) is 112 cm³/mol. The largest absolute Gasteiger partial charge is 0.457 e. The standard InChI is InChI=1S/C21H17ClF3N5O/c1-30-18(26)13-8-9-15(28-19(13)29-20(30)27)17-14(21(23,24)25)6-3-7-16(17)31-12-5-2-4-11(22)10-12/h2-10,18H,26H2,1H3,(H2,27,28,29). The second-order valence-electron chi connectivity index (χ2n) is 6.87. The third kappa shape index (κ3) is 4.01. The number of nitrogens with zero attached hydrogens (tertiary/aromatic N) is 3. The van der Waals surface area contributed by atoms with E-state index in [-0.39, 0.29) is 34.5 Å². The van der Waals surface area contributed by atoms with E-state index >= 15 is 0 Å². The van der Waals surface area contributed by atoms with Crippen LogP contribution in [0, 0.1) is 0 Å². The molecule has 6 nitrogen and oxygen atoms in total. The Morgan fingerprint density at radius 2 is 1.84 bits per heavy atom. The van der Waals surface area contributed by atoms with Crippen molar-refractivity contribution in [2.24, 2.45) is 16.5 Å². The van der Waals surface area contributed by atoms with Crippen LogP contribution in [0.4, 0.5) is 19.0 Å². The Morgan fingerprint density at radius 3 is 2.55 bits per heavy atom. The summed E-state index contributed by atoms with van der Waals surface area (Å²) < 4.78 is 47.3. The number of hydrogen-bond acceptors (Lipinski definition) is 6. The number of benzene rings is 2. The molecule has 1 unspecified atom stereocenters. The summed E-state index contributed by atoms with van der Waals surface area (Å²) in [5, 5.41) is 0.390. The molecule has 3 aromatic rings. The number of halogens is 4. The van der Waals surface area contributed by atoms with E-state index < -0.39 is 17.9 Å². The molecule has 1 aromatic heterocycles. The van der Waals surface area contributed by atoms with Gasteiger partial charge in [0, 0.05) is 17.6 Å². The number of ether oxygens (including phenoxy) is 1. The van der Waals surface area contributed by atoms with Crippen LogP contribution >= 0.6 is 11.6 Å². The second kappa shape index (κ2) is 7.75. The first-order chi connectivity index (χ1) is 14.6. The highest BCUT2D eigenvalue weighted by Gasteiger charge is 2.36. The maximum absolute atomic E-state index is 13.9. The summed E-state index contributed by atoms with van der Waals surface area (Å²) in [6.45, 7) is 0. The molecule has 4 rings (SSSR count). The zero-order chi connectivity index (χ0) is 22.3. The molecule has 1 aliphatic rings. The number of nitrogens with two attached hydrogens (primary N) is 2. The van der Waals surface area contributed by atoms with Gasteiger partial charge in [0.2, 0.25) is 0 Å². The molecular weight excluding hydrogens is 431 g/mol. The molecule has 0 radical (unpaired) electrons. The maximum atomic E-state index is 13.9. The van der Waals surface area contributed by atoms with Crippen molar-refractivity contribution in [3.05, 3.63) is 70.7 Å². The molecule has 0 fully saturated rings. The van der Waals surface area contributed by atoms with Crippen LogP contribution in [0.3, 0.4) is 0 Å². The van der Waals surface area contributed by atoms with Crippen LogP contribution < -0.4 is 16.2 Å². The molecule has 0 bridgehead atoms. The lowest BCUT2D eigenvalue weighted by Gasteiger charge is -2.30. The predicted octanol–water partition coefficient (Wildman–Crippen LogP) is 5.06. The van der Waals surface area contributed by atoms with Crippen molar-refractivity contribution in [3.63, 3.8) is 0 Å². The van der Waals surface area contributed by atoms with Gasteiger partial charge in [-0.15, -0.1) is 0 Å². The Hall–Kier alpha value is -3.30. The number of hydrogen-bond donors (Lipinski definition) is 2. The lowest BCUT2D eigenvalue weighted by molar-refractivity contribution is -0.137. The Bertz CT molecular complexity index is 1180. The van der Waals surface area contributed by atoms with Crippen molar-refractivity contribution in [3.8, 4) is 22.8 Å². The van der Waals surface area contributed by atoms with Gasteiger partial charge in [-0.2, -0.15) is 18.2 Å². The van der Waals surface area contributed by atoms with Crippen LogP contribution in [0.1, 0.15) is 17.3 Å². The molecule has 0 aliphatic carbocycles. The molecular formula is C21H17ClF3N5O. The summed E-state index contributed by atoms with van der Waals surface area (Å²) in [7, 11) is 1.66. The molecule has 31 heavy (non-hydrogen) atoms. The number of guanidine groups is 1. The average molecular weight is 448 g/mol. The van der Waals surface area contributed by atoms with Gasteiger partial charge in [0.1, 0.15) is 17.7 Å². The molecule has 1 aliphatic heterocycles. The number of alkyl halides is 3. The number of aliphatic imine (C=N–C) groups is 1. The fourth-order valence-corrected chi connectivity index (χ4v) is 3.41. The molecule has 0 amide bonds. The van der Waals surface area contributed by atoms with E-state index in [0.717, 1.165) is 6.07 Å². The summed E-state index contributed by atoms with van der Waals surface area (Å²) in [6.07, 6.45) is -5.26. The van der Waals surface area contributed by atoms with Crippen LogP contribution in [-0.4, -0.2) is 22.9 Å². The van der Waals surface area contributed by atoms with Gasteiger partial charge in [-0.05, 0) is 42.5 Å². The summed E-state index contributed by atoms with van der Waals surface area (Å²) in [5.41, 5.74) is 11.4. The Labute approximate surface area is 180 Å². The average Bonchev–Trinajstić information content (AvgIpc) is 2.71. The molecule has 1 atom stereocenters. The lowest BCUT2D eigenvalue weighted by atomic mass is 10.0. The first-order valence-electron chi connectivity index (χ1n) is 9.12. The molecule has 4 N–H and O–H groups in total. The van der Waals surface area contributed by atoms with Gasteiger partial charge in [0.15, 0.2) is 11.8 Å². The second-order valence-corrected chi connectivity index (χ2v) is 7.31. The molecule has 2 aromatic carbocycles. The first kappa shape index (κ1) is 21.0. The summed E-state index contributed by atoms with van der Waals surface area (Å²) in [5.74, 6) is 0.533. The van der Waals surface area contributed by atoms with Crippen LogP contribution in [0.15, 0.2) is 59.6 Å². The number of fused-ring (bicyclic) bond motifs is 1. The summed E-state index contributed by atoms with van der Waals surface area (Å²) in [6, 6.07) is 13.1. The number of aromatic nitrogens is 1. The van der Waals surface area contributed by atoms with Gasteiger partial charge in [-0.3, -0.25) is 0 Å². The third-order valence-electron chi connectivity index (χ3n) is 4.83. The minimum absolute atomic E-state index is 0.0250. The lowest BCUT2D eigenvalue weighted by Crippen LogP contribution is -2.43. The normalized spacial score (nSPS) is 16.0. The van der Waals surface area contributed by atoms with Crippen LogP contribution in [0.5, 0.6) is 11.5 Å². The Morgan fingerprint density at radius 1 is 1.10 bits per heavy atom. The fourth-order valence-electron chi connectivity index (χ4n) is 3.23. The van der Waals surface area contributed by atoms with Gasteiger partial charge in [-0.1, -0.05) is 23.7 Å². The van der Waals surface area contributed by atoms with E-state index in [1.807, 2.05) is 0 Å². The van der Waals surface area contributed by atoms with E-state index in [0.29, 0.717) is 10.6 Å². The third-order valence-corrected chi connectivity index (χ3v) is 5.07. The number of pyridine rings is 1. The molecule has 160 valence electrons. The Balaban J connectivity index is 1.89. The van der Waals surface area contributed by atoms with Crippen molar-refractivity contribution in [2.75, 3.05) is 7.05 Å². The van der Waals surface area contributed by atoms with Crippen molar-refractivity contribution in [2.45, 2.75) is 12.3 Å². The zero-order valence-electron chi connectivity index (χ0n) is 16.2. The van der Waals surface area contributed by atoms with Crippen LogP contribution in [0.2, 0.25) is 5.02 Å². The van der Waals surface area contributed by atoms with Gasteiger partial charge in [0.25, 0.3) is 0 Å². The van der Waals surface area contributed by atoms with Crippen molar-refractivity contribution in [1.29, 1.82) is 0 Å². The first-order valence-corrected chi connectivity index (χ1v) is 9.50. The quantitative estimate of drug-likeness (QED) is 0.585. The minimum Gasteiger partial charge on any atom is -0.457 e. The van der Waals surface area contributed by atoms with E-state index in [2.05, 4.69) is 9.98 Å². The van der Waals surface area contributed by atoms with E-state index in [1.165, 1.54) is 24.3 Å². The molecule has 10 heteroatoms. The zero-order valence-corrected chi connectivity index (χ0v) is 16.9. The van der Waals surface area contributed by atoms with Gasteiger partial charge in [0.05, 0.1) is 16.8 Å². The fraction of sp³-hybridized carbons (Fsp3) is 0.143. The maximum Gasteiger partial charge on any atom is 0.417 e. The molecule has 0 saturated carbocycles. The van der Waals surface area contributed by atoms with Crippen LogP contribution in [-0.2, 0) is 6.18 Å². The summed E-state index contributed by atoms with van der Waals surface area (Å²) >= 11 is 5.98. The highest BCUT2D eigenvalue weighted by Crippen LogP contribution is 2.44. The Kier molecular flexibility index (Phi) is 5.24. The van der Waals surface area contributed by atoms with Gasteiger partial charge >= 0.3 is 6.18 Å². The SMILES string of the molecule is CN1C(N)=Nc2nc(-c3c(Oc4cccc(Cl)c4)cccc3C(F)(F)F)ccc2C1N. The number of rotatable bonds is 3. The molecule has 2 heterocycles. The van der Waals surface area contributed by atoms with E-state index in [1.54, 1.807) is 36.2 Å². The van der Waals surface area contributed by atoms with E-state index in [4.69, 9.17) is 27.8 Å². The van der Waals surface area contributed by atoms with Crippen molar-refractivity contribution in [1.82, 2.24) is 9.88 Å². The van der Waals surface area contributed by atoms with Gasteiger partial charge < -0.3 is 21.1 Å². The smallest absolute Gasteiger partial charge is 0.417 e. The van der Waals surface area contributed by atoms with Crippen LogP contribution in [0.25, 0.3) is 11.3 Å². The minimum atomic E-state index is -4.64. The van der Waals surface area contributed by atoms with E-state index in [9.17, 15) is 13.2 Å². The van der Waals surface area contributed by atoms with Crippen molar-refractivity contribution < 1.29 is 17.9 Å². The molecule has 0 saturated heterocycles. The highest BCUT2D eigenvalue weighted by atomic mass is 35.5. The topological polar surface area (TPSA) is 89.8 Å². The monoisotopic (exact) mass is 447 g/mol. The van der Waals surface area contributed by atoms with Gasteiger partial charge in [-0.25, -0.2) is 4.98 Å². The summed E-state index contributed by atoms with van der Waals surface area (Å²) in [4.78, 5) is 10.0.